The molecule has 0 aliphatic heterocycles. The summed E-state index contributed by atoms with van der Waals surface area (Å²) < 4.78 is 1.66. The molecule has 0 radical (unpaired) electrons. The molecule has 5 nitrogen and oxygen atoms in total. The molecule has 0 unspecified atom stereocenters. The first kappa shape index (κ1) is 15.3. The maximum Gasteiger partial charge on any atom is 0.269 e. The highest BCUT2D eigenvalue weighted by Gasteiger charge is 2.03. The van der Waals surface area contributed by atoms with E-state index in [1.54, 1.807) is 17.0 Å². The largest absolute Gasteiger partial charge is 0.311 e. The predicted molar refractivity (Wildman–Crippen MR) is 77.5 cm³/mol. The van der Waals surface area contributed by atoms with Crippen LogP contribution in [0, 0.1) is 0 Å². The third-order valence-corrected chi connectivity index (χ3v) is 2.59. The summed E-state index contributed by atoms with van der Waals surface area (Å²) in [5.74, 6) is 0. The molecule has 2 rings (SSSR count). The molecule has 2 aromatic rings. The van der Waals surface area contributed by atoms with E-state index in [0.717, 1.165) is 12.2 Å². The van der Waals surface area contributed by atoms with Gasteiger partial charge in [0.15, 0.2) is 0 Å². The van der Waals surface area contributed by atoms with Crippen molar-refractivity contribution in [1.82, 2.24) is 19.4 Å². The third kappa shape index (κ3) is 4.15. The quantitative estimate of drug-likeness (QED) is 0.847. The van der Waals surface area contributed by atoms with Crippen LogP contribution in [0.3, 0.4) is 0 Å². The van der Waals surface area contributed by atoms with Gasteiger partial charge in [0, 0.05) is 25.5 Å². The van der Waals surface area contributed by atoms with E-state index in [9.17, 15) is 4.79 Å². The maximum absolute atomic E-state index is 11.7. The van der Waals surface area contributed by atoms with Crippen molar-refractivity contribution in [3.63, 3.8) is 0 Å². The molecule has 102 valence electrons. The van der Waals surface area contributed by atoms with E-state index in [2.05, 4.69) is 9.97 Å². The number of aromatic nitrogens is 3. The summed E-state index contributed by atoms with van der Waals surface area (Å²) in [6.07, 6.45) is 4.82. The molecule has 0 fully saturated rings. The lowest BCUT2D eigenvalue weighted by Gasteiger charge is -2.11. The van der Waals surface area contributed by atoms with Crippen LogP contribution in [0.4, 0.5) is 0 Å². The number of halogens is 1. The molecule has 0 amide bonds. The highest BCUT2D eigenvalue weighted by molar-refractivity contribution is 5.85. The first-order valence-electron chi connectivity index (χ1n) is 5.79. The van der Waals surface area contributed by atoms with Crippen LogP contribution in [-0.4, -0.2) is 40.1 Å². The molecule has 0 bridgehead atoms. The van der Waals surface area contributed by atoms with Gasteiger partial charge in [-0.2, -0.15) is 0 Å². The Kier molecular flexibility index (Phi) is 5.66. The average molecular weight is 281 g/mol. The summed E-state index contributed by atoms with van der Waals surface area (Å²) in [6.45, 7) is 1.46. The summed E-state index contributed by atoms with van der Waals surface area (Å²) in [4.78, 5) is 22.1. The lowest BCUT2D eigenvalue weighted by Crippen LogP contribution is -2.26. The van der Waals surface area contributed by atoms with Gasteiger partial charge in [0.2, 0.25) is 0 Å². The molecule has 0 aromatic carbocycles. The highest BCUT2D eigenvalue weighted by atomic mass is 35.5. The van der Waals surface area contributed by atoms with Crippen LogP contribution in [-0.2, 0) is 6.54 Å². The Balaban J connectivity index is 0.00000180. The summed E-state index contributed by atoms with van der Waals surface area (Å²) in [5.41, 5.74) is 1.40. The molecular formula is C13H17ClN4O. The standard InChI is InChI=1S/C13H16N4O.ClH/c1-16(2)7-8-17-10-12(15-9-13(17)18)11-5-3-4-6-14-11;/h3-6,9-10H,7-8H2,1-2H3;1H. The van der Waals surface area contributed by atoms with Crippen molar-refractivity contribution in [2.24, 2.45) is 0 Å². The van der Waals surface area contributed by atoms with Gasteiger partial charge in [-0.15, -0.1) is 12.4 Å². The fourth-order valence-corrected chi connectivity index (χ4v) is 1.57. The molecule has 0 aliphatic rings. The van der Waals surface area contributed by atoms with E-state index in [1.165, 1.54) is 6.20 Å². The van der Waals surface area contributed by atoms with Gasteiger partial charge in [0.25, 0.3) is 5.56 Å². The second-order valence-corrected chi connectivity index (χ2v) is 4.32. The smallest absolute Gasteiger partial charge is 0.269 e. The lowest BCUT2D eigenvalue weighted by atomic mass is 10.3. The van der Waals surface area contributed by atoms with Crippen LogP contribution in [0.2, 0.25) is 0 Å². The zero-order chi connectivity index (χ0) is 13.0. The fraction of sp³-hybridized carbons (Fsp3) is 0.308. The molecule has 2 heterocycles. The van der Waals surface area contributed by atoms with E-state index in [4.69, 9.17) is 0 Å². The number of hydrogen-bond donors (Lipinski definition) is 0. The maximum atomic E-state index is 11.7. The Labute approximate surface area is 118 Å². The Hall–Kier alpha value is -1.72. The minimum atomic E-state index is -0.0865. The summed E-state index contributed by atoms with van der Waals surface area (Å²) in [7, 11) is 3.96. The number of hydrogen-bond acceptors (Lipinski definition) is 4. The van der Waals surface area contributed by atoms with E-state index in [0.29, 0.717) is 12.2 Å². The van der Waals surface area contributed by atoms with Crippen LogP contribution in [0.5, 0.6) is 0 Å². The van der Waals surface area contributed by atoms with Crippen molar-refractivity contribution < 1.29 is 0 Å². The SMILES string of the molecule is CN(C)CCn1cc(-c2ccccn2)ncc1=O.Cl. The van der Waals surface area contributed by atoms with Crippen LogP contribution in [0.25, 0.3) is 11.4 Å². The van der Waals surface area contributed by atoms with Gasteiger partial charge in [0.1, 0.15) is 5.69 Å². The normalized spacial score (nSPS) is 10.3. The predicted octanol–water partition coefficient (Wildman–Crippen LogP) is 1.29. The van der Waals surface area contributed by atoms with Crippen LogP contribution in [0.1, 0.15) is 0 Å². The van der Waals surface area contributed by atoms with Crippen molar-refractivity contribution in [1.29, 1.82) is 0 Å². The molecule has 19 heavy (non-hydrogen) atoms. The lowest BCUT2D eigenvalue weighted by molar-refractivity contribution is 0.380. The molecular weight excluding hydrogens is 264 g/mol. The van der Waals surface area contributed by atoms with Crippen molar-refractivity contribution >= 4 is 12.4 Å². The Morgan fingerprint density at radius 3 is 2.63 bits per heavy atom. The molecule has 0 saturated carbocycles. The van der Waals surface area contributed by atoms with Crippen LogP contribution < -0.4 is 5.56 Å². The van der Waals surface area contributed by atoms with Gasteiger partial charge in [-0.3, -0.25) is 9.78 Å². The molecule has 0 spiro atoms. The van der Waals surface area contributed by atoms with E-state index in [-0.39, 0.29) is 18.0 Å². The summed E-state index contributed by atoms with van der Waals surface area (Å²) in [5, 5.41) is 0. The first-order chi connectivity index (χ1) is 8.66. The van der Waals surface area contributed by atoms with Crippen LogP contribution in [0.15, 0.2) is 41.6 Å². The second-order valence-electron chi connectivity index (χ2n) is 4.32. The third-order valence-electron chi connectivity index (χ3n) is 2.59. The molecule has 0 N–H and O–H groups in total. The van der Waals surface area contributed by atoms with Gasteiger partial charge in [-0.05, 0) is 26.2 Å². The van der Waals surface area contributed by atoms with Gasteiger partial charge >= 0.3 is 0 Å². The van der Waals surface area contributed by atoms with Crippen molar-refractivity contribution in [3.8, 4) is 11.4 Å². The zero-order valence-corrected chi connectivity index (χ0v) is 11.8. The average Bonchev–Trinajstić information content (AvgIpc) is 2.38. The monoisotopic (exact) mass is 280 g/mol. The second kappa shape index (κ2) is 7.01. The van der Waals surface area contributed by atoms with E-state index >= 15 is 0 Å². The zero-order valence-electron chi connectivity index (χ0n) is 11.0. The molecule has 0 aliphatic carbocycles. The Morgan fingerprint density at radius 1 is 1.21 bits per heavy atom. The molecule has 2 aromatic heterocycles. The first-order valence-corrected chi connectivity index (χ1v) is 5.79. The van der Waals surface area contributed by atoms with Gasteiger partial charge in [0.05, 0.1) is 11.9 Å². The van der Waals surface area contributed by atoms with Crippen molar-refractivity contribution in [2.75, 3.05) is 20.6 Å². The summed E-state index contributed by atoms with van der Waals surface area (Å²) >= 11 is 0. The van der Waals surface area contributed by atoms with Crippen molar-refractivity contribution in [3.05, 3.63) is 47.1 Å². The Morgan fingerprint density at radius 2 is 2.00 bits per heavy atom. The van der Waals surface area contributed by atoms with Gasteiger partial charge in [-0.25, -0.2) is 4.98 Å². The fourth-order valence-electron chi connectivity index (χ4n) is 1.57. The minimum absolute atomic E-state index is 0. The topological polar surface area (TPSA) is 51.0 Å². The van der Waals surface area contributed by atoms with Crippen LogP contribution >= 0.6 is 12.4 Å². The minimum Gasteiger partial charge on any atom is -0.311 e. The summed E-state index contributed by atoms with van der Waals surface area (Å²) in [6, 6.07) is 5.63. The number of rotatable bonds is 4. The van der Waals surface area contributed by atoms with E-state index < -0.39 is 0 Å². The molecule has 0 atom stereocenters. The van der Waals surface area contributed by atoms with Crippen molar-refractivity contribution in [2.45, 2.75) is 6.54 Å². The van der Waals surface area contributed by atoms with Gasteiger partial charge < -0.3 is 9.47 Å². The van der Waals surface area contributed by atoms with Gasteiger partial charge in [-0.1, -0.05) is 6.07 Å². The highest BCUT2D eigenvalue weighted by Crippen LogP contribution is 2.10. The number of pyridine rings is 1. The van der Waals surface area contributed by atoms with E-state index in [1.807, 2.05) is 37.2 Å². The Bertz CT molecular complexity index is 568. The molecule has 0 saturated heterocycles. The molecule has 6 heteroatoms. The number of likely N-dealkylation sites (N-methyl/N-ethyl adjacent to an activating group) is 1. The number of nitrogens with zero attached hydrogens (tertiary/aromatic N) is 4.